The molecule has 1 saturated heterocycles. The van der Waals surface area contributed by atoms with Gasteiger partial charge in [0.1, 0.15) is 5.82 Å². The van der Waals surface area contributed by atoms with E-state index in [1.165, 1.54) is 6.07 Å². The summed E-state index contributed by atoms with van der Waals surface area (Å²) in [5.41, 5.74) is 0.768. The molecule has 106 valence electrons. The average Bonchev–Trinajstić information content (AvgIpc) is 2.39. The lowest BCUT2D eigenvalue weighted by Gasteiger charge is -2.31. The van der Waals surface area contributed by atoms with Gasteiger partial charge in [-0.3, -0.25) is 0 Å². The zero-order valence-corrected chi connectivity index (χ0v) is 11.7. The highest BCUT2D eigenvalue weighted by Gasteiger charge is 2.18. The molecule has 0 aromatic heterocycles. The number of hydrogen-bond acceptors (Lipinski definition) is 3. The first-order chi connectivity index (χ1) is 9.15. The number of halogens is 1. The average molecular weight is 266 g/mol. The Hall–Kier alpha value is -0.970. The molecule has 0 bridgehead atoms. The molecule has 0 spiro atoms. The minimum absolute atomic E-state index is 0.121. The molecule has 0 aliphatic carbocycles. The van der Waals surface area contributed by atoms with Gasteiger partial charge in [-0.2, -0.15) is 0 Å². The fraction of sp³-hybridized carbons (Fsp3) is 0.600. The number of benzene rings is 1. The van der Waals surface area contributed by atoms with E-state index in [0.29, 0.717) is 6.42 Å². The van der Waals surface area contributed by atoms with E-state index in [1.807, 2.05) is 12.1 Å². The minimum Gasteiger partial charge on any atom is -0.374 e. The molecule has 2 unspecified atom stereocenters. The van der Waals surface area contributed by atoms with E-state index in [1.54, 1.807) is 6.07 Å². The lowest BCUT2D eigenvalue weighted by atomic mass is 10.1. The maximum Gasteiger partial charge on any atom is 0.126 e. The van der Waals surface area contributed by atoms with Gasteiger partial charge in [0.2, 0.25) is 0 Å². The molecule has 3 nitrogen and oxygen atoms in total. The number of ether oxygens (including phenoxy) is 1. The molecule has 1 heterocycles. The topological polar surface area (TPSA) is 24.5 Å². The van der Waals surface area contributed by atoms with E-state index in [0.717, 1.165) is 31.8 Å². The normalized spacial score (nSPS) is 22.4. The number of likely N-dealkylation sites (N-methyl/N-ethyl adjacent to an activating group) is 1. The van der Waals surface area contributed by atoms with Gasteiger partial charge in [0, 0.05) is 25.7 Å². The molecule has 1 aliphatic heterocycles. The molecular formula is C15H23FN2O. The summed E-state index contributed by atoms with van der Waals surface area (Å²) in [6, 6.07) is 7.21. The molecule has 19 heavy (non-hydrogen) atoms. The molecule has 1 N–H and O–H groups in total. The fourth-order valence-corrected chi connectivity index (χ4v) is 2.39. The molecule has 1 fully saturated rings. The lowest BCUT2D eigenvalue weighted by Crippen LogP contribution is -2.46. The summed E-state index contributed by atoms with van der Waals surface area (Å²) in [6.07, 6.45) is 0.941. The van der Waals surface area contributed by atoms with Crippen molar-refractivity contribution < 1.29 is 9.13 Å². The summed E-state index contributed by atoms with van der Waals surface area (Å²) in [5, 5.41) is 3.43. The van der Waals surface area contributed by atoms with E-state index in [9.17, 15) is 4.39 Å². The van der Waals surface area contributed by atoms with Crippen LogP contribution >= 0.6 is 0 Å². The Morgan fingerprint density at radius 2 is 2.26 bits per heavy atom. The SMILES string of the molecule is CC(Cc1ccccc1F)NCC1CN(C)CCO1. The van der Waals surface area contributed by atoms with Crippen LogP contribution in [0.2, 0.25) is 0 Å². The van der Waals surface area contributed by atoms with Crippen LogP contribution in [0.15, 0.2) is 24.3 Å². The second-order valence-electron chi connectivity index (χ2n) is 5.36. The Bertz CT molecular complexity index is 399. The molecule has 2 atom stereocenters. The first-order valence-corrected chi connectivity index (χ1v) is 6.92. The molecule has 0 saturated carbocycles. The monoisotopic (exact) mass is 266 g/mol. The van der Waals surface area contributed by atoms with Gasteiger partial charge in [-0.1, -0.05) is 18.2 Å². The fourth-order valence-electron chi connectivity index (χ4n) is 2.39. The Morgan fingerprint density at radius 3 is 3.00 bits per heavy atom. The van der Waals surface area contributed by atoms with Gasteiger partial charge in [-0.05, 0) is 32.0 Å². The zero-order chi connectivity index (χ0) is 13.7. The van der Waals surface area contributed by atoms with Crippen molar-refractivity contribution in [3.05, 3.63) is 35.6 Å². The van der Waals surface area contributed by atoms with Crippen LogP contribution in [0.3, 0.4) is 0 Å². The third-order valence-electron chi connectivity index (χ3n) is 3.52. The number of hydrogen-bond donors (Lipinski definition) is 1. The van der Waals surface area contributed by atoms with Crippen molar-refractivity contribution in [3.8, 4) is 0 Å². The molecule has 2 rings (SSSR count). The molecule has 1 aliphatic rings. The maximum atomic E-state index is 13.5. The Balaban J connectivity index is 1.75. The summed E-state index contributed by atoms with van der Waals surface area (Å²) in [7, 11) is 2.11. The van der Waals surface area contributed by atoms with Crippen molar-refractivity contribution in [2.24, 2.45) is 0 Å². The lowest BCUT2D eigenvalue weighted by molar-refractivity contribution is -0.0190. The molecule has 1 aromatic rings. The first kappa shape index (κ1) is 14.4. The van der Waals surface area contributed by atoms with Crippen LogP contribution in [-0.4, -0.2) is 50.3 Å². The first-order valence-electron chi connectivity index (χ1n) is 6.92. The van der Waals surface area contributed by atoms with Crippen LogP contribution in [-0.2, 0) is 11.2 Å². The van der Waals surface area contributed by atoms with Gasteiger partial charge < -0.3 is 15.0 Å². The highest BCUT2D eigenvalue weighted by molar-refractivity contribution is 5.18. The molecule has 4 heteroatoms. The Kier molecular flexibility index (Phi) is 5.31. The predicted molar refractivity (Wildman–Crippen MR) is 74.8 cm³/mol. The minimum atomic E-state index is -0.121. The van der Waals surface area contributed by atoms with Crippen LogP contribution in [0.4, 0.5) is 4.39 Å². The van der Waals surface area contributed by atoms with Gasteiger partial charge in [0.25, 0.3) is 0 Å². The number of morpholine rings is 1. The molecule has 1 aromatic carbocycles. The second kappa shape index (κ2) is 6.98. The third-order valence-corrected chi connectivity index (χ3v) is 3.52. The number of nitrogens with one attached hydrogen (secondary N) is 1. The van der Waals surface area contributed by atoms with Gasteiger partial charge in [-0.15, -0.1) is 0 Å². The quantitative estimate of drug-likeness (QED) is 0.877. The van der Waals surface area contributed by atoms with Gasteiger partial charge >= 0.3 is 0 Å². The van der Waals surface area contributed by atoms with Crippen LogP contribution in [0, 0.1) is 5.82 Å². The van der Waals surface area contributed by atoms with Crippen LogP contribution in [0.25, 0.3) is 0 Å². The van der Waals surface area contributed by atoms with E-state index >= 15 is 0 Å². The summed E-state index contributed by atoms with van der Waals surface area (Å²) in [4.78, 5) is 2.28. The van der Waals surface area contributed by atoms with E-state index < -0.39 is 0 Å². The van der Waals surface area contributed by atoms with Crippen LogP contribution < -0.4 is 5.32 Å². The summed E-state index contributed by atoms with van der Waals surface area (Å²) in [6.45, 7) is 5.66. The largest absolute Gasteiger partial charge is 0.374 e. The van der Waals surface area contributed by atoms with Crippen LogP contribution in [0.5, 0.6) is 0 Å². The Morgan fingerprint density at radius 1 is 1.47 bits per heavy atom. The highest BCUT2D eigenvalue weighted by Crippen LogP contribution is 2.09. The third kappa shape index (κ3) is 4.56. The van der Waals surface area contributed by atoms with Crippen molar-refractivity contribution >= 4 is 0 Å². The van der Waals surface area contributed by atoms with Crippen molar-refractivity contribution in [2.45, 2.75) is 25.5 Å². The zero-order valence-electron chi connectivity index (χ0n) is 11.7. The van der Waals surface area contributed by atoms with Crippen molar-refractivity contribution in [3.63, 3.8) is 0 Å². The van der Waals surface area contributed by atoms with Gasteiger partial charge in [0.15, 0.2) is 0 Å². The molecule has 0 radical (unpaired) electrons. The summed E-state index contributed by atoms with van der Waals surface area (Å²) in [5.74, 6) is -0.121. The summed E-state index contributed by atoms with van der Waals surface area (Å²) >= 11 is 0. The van der Waals surface area contributed by atoms with Crippen molar-refractivity contribution in [1.82, 2.24) is 10.2 Å². The number of rotatable bonds is 5. The second-order valence-corrected chi connectivity index (χ2v) is 5.36. The molecule has 0 amide bonds. The van der Waals surface area contributed by atoms with Crippen LogP contribution in [0.1, 0.15) is 12.5 Å². The van der Waals surface area contributed by atoms with Gasteiger partial charge in [0.05, 0.1) is 12.7 Å². The number of nitrogens with zero attached hydrogens (tertiary/aromatic N) is 1. The van der Waals surface area contributed by atoms with E-state index in [2.05, 4.69) is 24.2 Å². The van der Waals surface area contributed by atoms with Gasteiger partial charge in [-0.25, -0.2) is 4.39 Å². The molecular weight excluding hydrogens is 243 g/mol. The Labute approximate surface area is 114 Å². The standard InChI is InChI=1S/C15H23FN2O/c1-12(9-13-5-3-4-6-15(13)16)17-10-14-11-18(2)7-8-19-14/h3-6,12,14,17H,7-11H2,1-2H3. The highest BCUT2D eigenvalue weighted by atomic mass is 19.1. The van der Waals surface area contributed by atoms with E-state index in [4.69, 9.17) is 4.74 Å². The van der Waals surface area contributed by atoms with Crippen molar-refractivity contribution in [2.75, 3.05) is 33.3 Å². The van der Waals surface area contributed by atoms with Crippen molar-refractivity contribution in [1.29, 1.82) is 0 Å². The van der Waals surface area contributed by atoms with E-state index in [-0.39, 0.29) is 18.0 Å². The predicted octanol–water partition coefficient (Wildman–Crippen LogP) is 1.68. The smallest absolute Gasteiger partial charge is 0.126 e. The summed E-state index contributed by atoms with van der Waals surface area (Å²) < 4.78 is 19.2. The maximum absolute atomic E-state index is 13.5.